The van der Waals surface area contributed by atoms with Crippen LogP contribution in [0.4, 0.5) is 0 Å². The number of hydrogen-bond donors (Lipinski definition) is 2. The van der Waals surface area contributed by atoms with Crippen LogP contribution in [0.25, 0.3) is 5.69 Å². The molecule has 1 aromatic heterocycles. The number of amidine groups is 1. The number of benzene rings is 1. The molecule has 0 radical (unpaired) electrons. The average Bonchev–Trinajstić information content (AvgIpc) is 2.70. The van der Waals surface area contributed by atoms with Crippen molar-refractivity contribution in [3.63, 3.8) is 0 Å². The lowest BCUT2D eigenvalue weighted by Crippen LogP contribution is -2.14. The molecule has 15 heavy (non-hydrogen) atoms. The zero-order valence-electron chi connectivity index (χ0n) is 8.22. The molecule has 0 bridgehead atoms. The van der Waals surface area contributed by atoms with Crippen molar-refractivity contribution < 1.29 is 0 Å². The van der Waals surface area contributed by atoms with Gasteiger partial charge in [-0.3, -0.25) is 5.41 Å². The molecule has 4 heteroatoms. The van der Waals surface area contributed by atoms with Gasteiger partial charge in [-0.1, -0.05) is 18.2 Å². The molecule has 2 aromatic rings. The van der Waals surface area contributed by atoms with Gasteiger partial charge in [0.25, 0.3) is 0 Å². The minimum absolute atomic E-state index is 0.162. The fourth-order valence-corrected chi connectivity index (χ4v) is 1.50. The van der Waals surface area contributed by atoms with Gasteiger partial charge in [0.15, 0.2) is 0 Å². The molecule has 3 N–H and O–H groups in total. The van der Waals surface area contributed by atoms with Gasteiger partial charge < -0.3 is 5.73 Å². The molecule has 76 valence electrons. The van der Waals surface area contributed by atoms with E-state index in [0.29, 0.717) is 6.42 Å². The minimum Gasteiger partial charge on any atom is -0.387 e. The molecule has 0 aliphatic rings. The van der Waals surface area contributed by atoms with Crippen molar-refractivity contribution >= 4 is 5.84 Å². The highest BCUT2D eigenvalue weighted by molar-refractivity contribution is 5.80. The fraction of sp³-hybridized carbons (Fsp3) is 0.0909. The van der Waals surface area contributed by atoms with Crippen molar-refractivity contribution in [2.45, 2.75) is 6.42 Å². The van der Waals surface area contributed by atoms with Crippen LogP contribution in [0.1, 0.15) is 5.56 Å². The first kappa shape index (κ1) is 9.45. The number of nitrogens with zero attached hydrogens (tertiary/aromatic N) is 2. The first-order valence-electron chi connectivity index (χ1n) is 4.68. The highest BCUT2D eigenvalue weighted by atomic mass is 15.3. The van der Waals surface area contributed by atoms with Gasteiger partial charge in [0.2, 0.25) is 0 Å². The SMILES string of the molecule is N=C(N)Cc1ccccc1-n1cccn1. The number of nitrogens with one attached hydrogen (secondary N) is 1. The first-order valence-corrected chi connectivity index (χ1v) is 4.68. The summed E-state index contributed by atoms with van der Waals surface area (Å²) in [6, 6.07) is 9.67. The molecule has 0 saturated carbocycles. The summed E-state index contributed by atoms with van der Waals surface area (Å²) in [5.74, 6) is 0.162. The molecule has 1 aromatic carbocycles. The molecule has 4 nitrogen and oxygen atoms in total. The van der Waals surface area contributed by atoms with E-state index in [2.05, 4.69) is 5.10 Å². The second kappa shape index (κ2) is 3.96. The van der Waals surface area contributed by atoms with Gasteiger partial charge in [0.1, 0.15) is 0 Å². The zero-order valence-corrected chi connectivity index (χ0v) is 8.22. The maximum Gasteiger partial charge on any atom is 0.0950 e. The molecule has 0 atom stereocenters. The summed E-state index contributed by atoms with van der Waals surface area (Å²) in [6.07, 6.45) is 4.06. The van der Waals surface area contributed by atoms with E-state index in [-0.39, 0.29) is 5.84 Å². The second-order valence-electron chi connectivity index (χ2n) is 3.28. The third-order valence-corrected chi connectivity index (χ3v) is 2.12. The summed E-state index contributed by atoms with van der Waals surface area (Å²) in [4.78, 5) is 0. The van der Waals surface area contributed by atoms with Crippen LogP contribution in [-0.2, 0) is 6.42 Å². The van der Waals surface area contributed by atoms with Crippen molar-refractivity contribution in [2.24, 2.45) is 5.73 Å². The Balaban J connectivity index is 2.42. The predicted octanol–water partition coefficient (Wildman–Crippen LogP) is 1.35. The molecule has 0 amide bonds. The van der Waals surface area contributed by atoms with Gasteiger partial charge in [0.05, 0.1) is 11.5 Å². The molecule has 0 aliphatic heterocycles. The summed E-state index contributed by atoms with van der Waals surface area (Å²) >= 11 is 0. The summed E-state index contributed by atoms with van der Waals surface area (Å²) < 4.78 is 1.78. The standard InChI is InChI=1S/C11H12N4/c12-11(13)8-9-4-1-2-5-10(9)15-7-3-6-14-15/h1-7H,8H2,(H3,12,13). The quantitative estimate of drug-likeness (QED) is 0.580. The fourth-order valence-electron chi connectivity index (χ4n) is 1.50. The van der Waals surface area contributed by atoms with Crippen molar-refractivity contribution in [1.82, 2.24) is 9.78 Å². The lowest BCUT2D eigenvalue weighted by molar-refractivity contribution is 0.869. The Labute approximate surface area is 87.9 Å². The van der Waals surface area contributed by atoms with Crippen LogP contribution < -0.4 is 5.73 Å². The highest BCUT2D eigenvalue weighted by Crippen LogP contribution is 2.13. The lowest BCUT2D eigenvalue weighted by Gasteiger charge is -2.08. The first-order chi connectivity index (χ1) is 7.27. The van der Waals surface area contributed by atoms with E-state index in [1.807, 2.05) is 36.5 Å². The van der Waals surface area contributed by atoms with Crippen LogP contribution >= 0.6 is 0 Å². The Morgan fingerprint density at radius 3 is 2.80 bits per heavy atom. The molecule has 1 heterocycles. The van der Waals surface area contributed by atoms with E-state index >= 15 is 0 Å². The van der Waals surface area contributed by atoms with Crippen molar-refractivity contribution in [1.29, 1.82) is 5.41 Å². The van der Waals surface area contributed by atoms with E-state index in [1.54, 1.807) is 10.9 Å². The van der Waals surface area contributed by atoms with Crippen molar-refractivity contribution in [3.8, 4) is 5.69 Å². The van der Waals surface area contributed by atoms with E-state index in [4.69, 9.17) is 11.1 Å². The minimum atomic E-state index is 0.162. The highest BCUT2D eigenvalue weighted by Gasteiger charge is 2.04. The van der Waals surface area contributed by atoms with Crippen LogP contribution in [0, 0.1) is 5.41 Å². The molecule has 0 fully saturated rings. The number of para-hydroxylation sites is 1. The van der Waals surface area contributed by atoms with Gasteiger partial charge in [-0.15, -0.1) is 0 Å². The zero-order chi connectivity index (χ0) is 10.7. The normalized spacial score (nSPS) is 10.1. The van der Waals surface area contributed by atoms with Gasteiger partial charge in [-0.2, -0.15) is 5.10 Å². The van der Waals surface area contributed by atoms with Gasteiger partial charge >= 0.3 is 0 Å². The summed E-state index contributed by atoms with van der Waals surface area (Å²) in [5.41, 5.74) is 7.38. The number of nitrogens with two attached hydrogens (primary N) is 1. The molecule has 2 rings (SSSR count). The largest absolute Gasteiger partial charge is 0.387 e. The van der Waals surface area contributed by atoms with Gasteiger partial charge in [0, 0.05) is 18.8 Å². The Morgan fingerprint density at radius 2 is 2.13 bits per heavy atom. The molecule has 0 spiro atoms. The summed E-state index contributed by atoms with van der Waals surface area (Å²) in [5, 5.41) is 11.5. The Kier molecular flexibility index (Phi) is 2.49. The average molecular weight is 200 g/mol. The second-order valence-corrected chi connectivity index (χ2v) is 3.28. The van der Waals surface area contributed by atoms with Crippen molar-refractivity contribution in [2.75, 3.05) is 0 Å². The number of hydrogen-bond acceptors (Lipinski definition) is 2. The van der Waals surface area contributed by atoms with Gasteiger partial charge in [-0.25, -0.2) is 4.68 Å². The van der Waals surface area contributed by atoms with Crippen LogP contribution in [-0.4, -0.2) is 15.6 Å². The number of rotatable bonds is 3. The topological polar surface area (TPSA) is 67.7 Å². The Bertz CT molecular complexity index is 459. The van der Waals surface area contributed by atoms with Crippen LogP contribution in [0.15, 0.2) is 42.7 Å². The molecular weight excluding hydrogens is 188 g/mol. The Morgan fingerprint density at radius 1 is 1.33 bits per heavy atom. The lowest BCUT2D eigenvalue weighted by atomic mass is 10.1. The molecule has 0 unspecified atom stereocenters. The third-order valence-electron chi connectivity index (χ3n) is 2.12. The predicted molar refractivity (Wildman–Crippen MR) is 59.2 cm³/mol. The van der Waals surface area contributed by atoms with Gasteiger partial charge in [-0.05, 0) is 17.7 Å². The maximum absolute atomic E-state index is 7.30. The Hall–Kier alpha value is -2.10. The van der Waals surface area contributed by atoms with E-state index < -0.39 is 0 Å². The molecular formula is C11H12N4. The van der Waals surface area contributed by atoms with E-state index in [9.17, 15) is 0 Å². The van der Waals surface area contributed by atoms with Crippen LogP contribution in [0.2, 0.25) is 0 Å². The van der Waals surface area contributed by atoms with E-state index in [1.165, 1.54) is 0 Å². The monoisotopic (exact) mass is 200 g/mol. The maximum atomic E-state index is 7.30. The summed E-state index contributed by atoms with van der Waals surface area (Å²) in [6.45, 7) is 0. The number of aromatic nitrogens is 2. The molecule has 0 aliphatic carbocycles. The third kappa shape index (κ3) is 2.04. The van der Waals surface area contributed by atoms with E-state index in [0.717, 1.165) is 11.3 Å². The molecule has 0 saturated heterocycles. The summed E-state index contributed by atoms with van der Waals surface area (Å²) in [7, 11) is 0. The smallest absolute Gasteiger partial charge is 0.0950 e. The van der Waals surface area contributed by atoms with Crippen LogP contribution in [0.5, 0.6) is 0 Å². The van der Waals surface area contributed by atoms with Crippen molar-refractivity contribution in [3.05, 3.63) is 48.3 Å². The van der Waals surface area contributed by atoms with Crippen LogP contribution in [0.3, 0.4) is 0 Å².